The zero-order chi connectivity index (χ0) is 28.0. The highest BCUT2D eigenvalue weighted by atomic mass is 32.2. The second-order valence-corrected chi connectivity index (χ2v) is 13.6. The topological polar surface area (TPSA) is 108 Å². The van der Waals surface area contributed by atoms with Crippen LogP contribution in [0.1, 0.15) is 68.4 Å². The number of nitrogens with zero attached hydrogens (tertiary/aromatic N) is 4. The Morgan fingerprint density at radius 1 is 0.949 bits per heavy atom. The van der Waals surface area contributed by atoms with Crippen molar-refractivity contribution in [1.82, 2.24) is 9.97 Å². The predicted molar refractivity (Wildman–Crippen MR) is 148 cm³/mol. The van der Waals surface area contributed by atoms with Crippen LogP contribution < -0.4 is 19.8 Å². The minimum atomic E-state index is -3.55. The van der Waals surface area contributed by atoms with Gasteiger partial charge in [0.15, 0.2) is 0 Å². The lowest BCUT2D eigenvalue weighted by atomic mass is 9.93. The van der Waals surface area contributed by atoms with Gasteiger partial charge in [0.2, 0.25) is 16.0 Å². The summed E-state index contributed by atoms with van der Waals surface area (Å²) in [5, 5.41) is 2.26. The highest BCUT2D eigenvalue weighted by Crippen LogP contribution is 2.54. The molecule has 1 spiro atoms. The summed E-state index contributed by atoms with van der Waals surface area (Å²) in [5.74, 6) is -2.47. The standard InChI is InChI=1S/C27H36F2N6O3S/c1-18(2)39(37,38)33-20-4-5-21(22(17-20)34-12-8-26(6-7-26)9-13-34)24(36)31-23-16-19(3)30-25(32-23)35-14-10-27(28,29)11-15-35/h4-5,16-18,33H,6-15H2,1-3H3,(H,30,31,32,36). The van der Waals surface area contributed by atoms with Crippen LogP contribution in [0.15, 0.2) is 24.3 Å². The zero-order valence-electron chi connectivity index (χ0n) is 22.6. The third-order valence-electron chi connectivity index (χ3n) is 8.11. The molecule has 2 aromatic rings. The quantitative estimate of drug-likeness (QED) is 0.499. The van der Waals surface area contributed by atoms with Gasteiger partial charge in [0.05, 0.1) is 22.2 Å². The summed E-state index contributed by atoms with van der Waals surface area (Å²) in [6.45, 7) is 6.84. The van der Waals surface area contributed by atoms with Crippen LogP contribution in [0.25, 0.3) is 0 Å². The first-order valence-electron chi connectivity index (χ1n) is 13.6. The molecule has 3 aliphatic rings. The molecule has 0 radical (unpaired) electrons. The van der Waals surface area contributed by atoms with Gasteiger partial charge in [-0.05, 0) is 70.1 Å². The Bertz CT molecular complexity index is 1340. The van der Waals surface area contributed by atoms with Crippen LogP contribution in [0.3, 0.4) is 0 Å². The number of benzene rings is 1. The van der Waals surface area contributed by atoms with Gasteiger partial charge in [0.25, 0.3) is 11.8 Å². The molecular weight excluding hydrogens is 526 g/mol. The Labute approximate surface area is 228 Å². The second kappa shape index (κ2) is 10.2. The van der Waals surface area contributed by atoms with Gasteiger partial charge in [-0.25, -0.2) is 22.2 Å². The lowest BCUT2D eigenvalue weighted by Crippen LogP contribution is -2.40. The maximum atomic E-state index is 13.6. The molecule has 2 aliphatic heterocycles. The third-order valence-corrected chi connectivity index (χ3v) is 9.87. The van der Waals surface area contributed by atoms with Crippen molar-refractivity contribution in [3.63, 3.8) is 0 Å². The predicted octanol–water partition coefficient (Wildman–Crippen LogP) is 4.80. The molecule has 1 aromatic heterocycles. The van der Waals surface area contributed by atoms with Crippen molar-refractivity contribution in [2.45, 2.75) is 70.5 Å². The number of carbonyl (C=O) groups is 1. The summed E-state index contributed by atoms with van der Waals surface area (Å²) in [7, 11) is -3.55. The van der Waals surface area contributed by atoms with Crippen molar-refractivity contribution < 1.29 is 22.0 Å². The van der Waals surface area contributed by atoms with Crippen molar-refractivity contribution >= 4 is 39.1 Å². The van der Waals surface area contributed by atoms with Crippen LogP contribution in [0, 0.1) is 12.3 Å². The largest absolute Gasteiger partial charge is 0.371 e. The lowest BCUT2D eigenvalue weighted by Gasteiger charge is -2.35. The minimum Gasteiger partial charge on any atom is -0.371 e. The van der Waals surface area contributed by atoms with Gasteiger partial charge in [-0.3, -0.25) is 9.52 Å². The summed E-state index contributed by atoms with van der Waals surface area (Å²) in [6.07, 6.45) is 4.04. The first-order chi connectivity index (χ1) is 18.3. The zero-order valence-corrected chi connectivity index (χ0v) is 23.5. The van der Waals surface area contributed by atoms with E-state index in [4.69, 9.17) is 0 Å². The van der Waals surface area contributed by atoms with Crippen LogP contribution in [0.5, 0.6) is 0 Å². The molecule has 212 valence electrons. The van der Waals surface area contributed by atoms with Crippen molar-refractivity contribution in [2.75, 3.05) is 46.0 Å². The van der Waals surface area contributed by atoms with E-state index in [-0.39, 0.29) is 37.7 Å². The Kier molecular flexibility index (Phi) is 7.19. The number of piperidine rings is 2. The maximum absolute atomic E-state index is 13.6. The smallest absolute Gasteiger partial charge is 0.258 e. The van der Waals surface area contributed by atoms with Crippen molar-refractivity contribution in [2.24, 2.45) is 5.41 Å². The van der Waals surface area contributed by atoms with E-state index in [1.165, 1.54) is 12.8 Å². The molecule has 0 atom stereocenters. The normalized spacial score (nSPS) is 20.3. The number of aryl methyl sites for hydroxylation is 1. The minimum absolute atomic E-state index is 0.137. The number of sulfonamides is 1. The Morgan fingerprint density at radius 3 is 2.21 bits per heavy atom. The second-order valence-electron chi connectivity index (χ2n) is 11.4. The van der Waals surface area contributed by atoms with Gasteiger partial charge in [-0.1, -0.05) is 0 Å². The number of rotatable bonds is 7. The average molecular weight is 563 g/mol. The van der Waals surface area contributed by atoms with Crippen LogP contribution in [-0.4, -0.2) is 61.6 Å². The molecule has 9 nitrogen and oxygen atoms in total. The summed E-state index contributed by atoms with van der Waals surface area (Å²) < 4.78 is 54.9. The molecule has 0 bridgehead atoms. The van der Waals surface area contributed by atoms with Crippen LogP contribution >= 0.6 is 0 Å². The van der Waals surface area contributed by atoms with Gasteiger partial charge in [0.1, 0.15) is 5.82 Å². The molecule has 39 heavy (non-hydrogen) atoms. The molecule has 3 fully saturated rings. The van der Waals surface area contributed by atoms with E-state index >= 15 is 0 Å². The highest BCUT2D eigenvalue weighted by Gasteiger charge is 2.44. The van der Waals surface area contributed by atoms with Crippen LogP contribution in [0.4, 0.5) is 31.9 Å². The van der Waals surface area contributed by atoms with E-state index in [1.54, 1.807) is 49.9 Å². The van der Waals surface area contributed by atoms with Crippen LogP contribution in [-0.2, 0) is 10.0 Å². The van der Waals surface area contributed by atoms with Crippen molar-refractivity contribution in [1.29, 1.82) is 0 Å². The number of amides is 1. The summed E-state index contributed by atoms with van der Waals surface area (Å²) in [6, 6.07) is 6.59. The number of aromatic nitrogens is 2. The van der Waals surface area contributed by atoms with Gasteiger partial charge >= 0.3 is 0 Å². The van der Waals surface area contributed by atoms with Gasteiger partial charge in [-0.2, -0.15) is 4.98 Å². The number of nitrogens with one attached hydrogen (secondary N) is 2. The fourth-order valence-corrected chi connectivity index (χ4v) is 5.90. The van der Waals surface area contributed by atoms with Gasteiger partial charge in [0, 0.05) is 50.8 Å². The SMILES string of the molecule is Cc1cc(NC(=O)c2ccc(NS(=O)(=O)C(C)C)cc2N2CCC3(CC2)CC3)nc(N2CCC(F)(F)CC2)n1. The van der Waals surface area contributed by atoms with Gasteiger partial charge < -0.3 is 15.1 Å². The maximum Gasteiger partial charge on any atom is 0.258 e. The molecule has 1 saturated carbocycles. The molecule has 1 aromatic carbocycles. The Morgan fingerprint density at radius 2 is 1.59 bits per heavy atom. The molecule has 5 rings (SSSR count). The van der Waals surface area contributed by atoms with Crippen LogP contribution in [0.2, 0.25) is 0 Å². The number of carbonyl (C=O) groups excluding carboxylic acids is 1. The van der Waals surface area contributed by atoms with Crippen molar-refractivity contribution in [3.05, 3.63) is 35.5 Å². The van der Waals surface area contributed by atoms with Crippen molar-refractivity contribution in [3.8, 4) is 0 Å². The molecular formula is C27H36F2N6O3S. The number of anilines is 4. The fourth-order valence-electron chi connectivity index (χ4n) is 5.21. The van der Waals surface area contributed by atoms with E-state index in [1.807, 2.05) is 0 Å². The number of alkyl halides is 2. The first kappa shape index (κ1) is 27.5. The molecule has 2 saturated heterocycles. The first-order valence-corrected chi connectivity index (χ1v) is 15.1. The molecule has 0 unspecified atom stereocenters. The summed E-state index contributed by atoms with van der Waals surface area (Å²) in [5.41, 5.74) is 2.52. The molecule has 1 amide bonds. The number of hydrogen-bond donors (Lipinski definition) is 2. The molecule has 1 aliphatic carbocycles. The van der Waals surface area contributed by atoms with E-state index in [0.717, 1.165) is 25.9 Å². The average Bonchev–Trinajstić information content (AvgIpc) is 3.62. The monoisotopic (exact) mass is 562 g/mol. The molecule has 2 N–H and O–H groups in total. The summed E-state index contributed by atoms with van der Waals surface area (Å²) in [4.78, 5) is 26.3. The third kappa shape index (κ3) is 6.26. The van der Waals surface area contributed by atoms with E-state index in [0.29, 0.717) is 34.0 Å². The highest BCUT2D eigenvalue weighted by molar-refractivity contribution is 7.93. The van der Waals surface area contributed by atoms with E-state index in [2.05, 4.69) is 24.9 Å². The van der Waals surface area contributed by atoms with E-state index < -0.39 is 21.2 Å². The number of halogens is 2. The Hall–Kier alpha value is -3.02. The summed E-state index contributed by atoms with van der Waals surface area (Å²) >= 11 is 0. The lowest BCUT2D eigenvalue weighted by molar-refractivity contribution is -0.0222. The Balaban J connectivity index is 1.39. The van der Waals surface area contributed by atoms with Gasteiger partial charge in [-0.15, -0.1) is 0 Å². The molecule has 3 heterocycles. The van der Waals surface area contributed by atoms with E-state index in [9.17, 15) is 22.0 Å². The fraction of sp³-hybridized carbons (Fsp3) is 0.593. The molecule has 12 heteroatoms. The number of hydrogen-bond acceptors (Lipinski definition) is 7.